The van der Waals surface area contributed by atoms with Crippen LogP contribution in [0, 0.1) is 5.92 Å². The van der Waals surface area contributed by atoms with Gasteiger partial charge in [0, 0.05) is 18.6 Å². The molecule has 5 nitrogen and oxygen atoms in total. The van der Waals surface area contributed by atoms with Crippen molar-refractivity contribution in [2.24, 2.45) is 11.7 Å². The van der Waals surface area contributed by atoms with Gasteiger partial charge < -0.3 is 15.8 Å². The molecule has 0 radical (unpaired) electrons. The van der Waals surface area contributed by atoms with E-state index in [9.17, 15) is 8.42 Å². The number of para-hydroxylation sites is 1. The standard InChI is InChI=1S/C14H20N2O3S/c1-2-20(17,18)11-6-4-3-5-10(11)16-13-12(15)9-7-8-19-14(9)13/h3-6,9,12-14,16H,2,7-8,15H2,1H3. The van der Waals surface area contributed by atoms with Gasteiger partial charge in [-0.2, -0.15) is 0 Å². The molecule has 1 saturated carbocycles. The Morgan fingerprint density at radius 2 is 2.15 bits per heavy atom. The Bertz CT molecular complexity index is 602. The average molecular weight is 296 g/mol. The van der Waals surface area contributed by atoms with E-state index in [1.54, 1.807) is 25.1 Å². The highest BCUT2D eigenvalue weighted by Crippen LogP contribution is 2.40. The summed E-state index contributed by atoms with van der Waals surface area (Å²) >= 11 is 0. The van der Waals surface area contributed by atoms with Crippen LogP contribution in [0.3, 0.4) is 0 Å². The fourth-order valence-electron chi connectivity index (χ4n) is 3.12. The number of nitrogens with one attached hydrogen (secondary N) is 1. The van der Waals surface area contributed by atoms with Gasteiger partial charge in [-0.1, -0.05) is 19.1 Å². The van der Waals surface area contributed by atoms with Crippen molar-refractivity contribution < 1.29 is 13.2 Å². The van der Waals surface area contributed by atoms with Crippen molar-refractivity contribution in [3.63, 3.8) is 0 Å². The summed E-state index contributed by atoms with van der Waals surface area (Å²) in [4.78, 5) is 0.344. The van der Waals surface area contributed by atoms with Gasteiger partial charge in [-0.25, -0.2) is 8.42 Å². The number of nitrogens with two attached hydrogens (primary N) is 1. The first-order valence-corrected chi connectivity index (χ1v) is 8.65. The van der Waals surface area contributed by atoms with Crippen LogP contribution in [-0.4, -0.2) is 39.0 Å². The van der Waals surface area contributed by atoms with E-state index < -0.39 is 9.84 Å². The monoisotopic (exact) mass is 296 g/mol. The van der Waals surface area contributed by atoms with Crippen LogP contribution < -0.4 is 11.1 Å². The van der Waals surface area contributed by atoms with E-state index >= 15 is 0 Å². The lowest BCUT2D eigenvalue weighted by atomic mass is 9.72. The van der Waals surface area contributed by atoms with Gasteiger partial charge in [0.1, 0.15) is 0 Å². The minimum Gasteiger partial charge on any atom is -0.377 e. The molecule has 1 aliphatic carbocycles. The van der Waals surface area contributed by atoms with Crippen molar-refractivity contribution in [1.29, 1.82) is 0 Å². The molecule has 3 N–H and O–H groups in total. The third-order valence-electron chi connectivity index (χ3n) is 4.37. The number of hydrogen-bond acceptors (Lipinski definition) is 5. The lowest BCUT2D eigenvalue weighted by Gasteiger charge is -2.46. The van der Waals surface area contributed by atoms with Gasteiger partial charge in [0.05, 0.1) is 28.5 Å². The molecule has 1 aromatic carbocycles. The zero-order chi connectivity index (χ0) is 14.3. The second kappa shape index (κ2) is 5.02. The largest absolute Gasteiger partial charge is 0.377 e. The Labute approximate surface area is 119 Å². The fourth-order valence-corrected chi connectivity index (χ4v) is 4.18. The molecule has 1 heterocycles. The molecule has 0 aromatic heterocycles. The normalized spacial score (nSPS) is 32.5. The Morgan fingerprint density at radius 3 is 2.90 bits per heavy atom. The maximum Gasteiger partial charge on any atom is 0.180 e. The first-order chi connectivity index (χ1) is 9.54. The molecule has 4 unspecified atom stereocenters. The Balaban J connectivity index is 1.85. The van der Waals surface area contributed by atoms with Crippen LogP contribution in [0.2, 0.25) is 0 Å². The van der Waals surface area contributed by atoms with E-state index in [4.69, 9.17) is 10.5 Å². The fraction of sp³-hybridized carbons (Fsp3) is 0.571. The molecule has 2 aliphatic rings. The number of sulfone groups is 1. The van der Waals surface area contributed by atoms with E-state index in [-0.39, 0.29) is 23.9 Å². The van der Waals surface area contributed by atoms with E-state index in [0.717, 1.165) is 13.0 Å². The number of fused-ring (bicyclic) bond motifs is 1. The van der Waals surface area contributed by atoms with Crippen molar-refractivity contribution >= 4 is 15.5 Å². The van der Waals surface area contributed by atoms with Gasteiger partial charge in [-0.15, -0.1) is 0 Å². The van der Waals surface area contributed by atoms with E-state index in [1.165, 1.54) is 0 Å². The van der Waals surface area contributed by atoms with Crippen LogP contribution in [0.15, 0.2) is 29.2 Å². The minimum atomic E-state index is -3.24. The zero-order valence-corrected chi connectivity index (χ0v) is 12.3. The van der Waals surface area contributed by atoms with E-state index in [2.05, 4.69) is 5.32 Å². The number of benzene rings is 1. The molecule has 0 spiro atoms. The molecule has 2 fully saturated rings. The van der Waals surface area contributed by atoms with Crippen LogP contribution in [-0.2, 0) is 14.6 Å². The van der Waals surface area contributed by atoms with E-state index in [1.807, 2.05) is 6.07 Å². The number of rotatable bonds is 4. The molecule has 20 heavy (non-hydrogen) atoms. The second-order valence-corrected chi connectivity index (χ2v) is 7.68. The Kier molecular flexibility index (Phi) is 3.48. The second-order valence-electron chi connectivity index (χ2n) is 5.43. The molecule has 0 amide bonds. The van der Waals surface area contributed by atoms with Crippen LogP contribution in [0.4, 0.5) is 5.69 Å². The summed E-state index contributed by atoms with van der Waals surface area (Å²) in [5.74, 6) is 0.493. The SMILES string of the molecule is CCS(=O)(=O)c1ccccc1NC1C(N)C2CCOC21. The van der Waals surface area contributed by atoms with Crippen molar-refractivity contribution in [3.05, 3.63) is 24.3 Å². The summed E-state index contributed by atoms with van der Waals surface area (Å²) in [7, 11) is -3.24. The average Bonchev–Trinajstić information content (AvgIpc) is 2.90. The van der Waals surface area contributed by atoms with Crippen LogP contribution in [0.1, 0.15) is 13.3 Å². The highest BCUT2D eigenvalue weighted by atomic mass is 32.2. The summed E-state index contributed by atoms with van der Waals surface area (Å²) in [6.07, 6.45) is 1.11. The van der Waals surface area contributed by atoms with Crippen LogP contribution >= 0.6 is 0 Å². The highest BCUT2D eigenvalue weighted by Gasteiger charge is 2.52. The predicted octanol–water partition coefficient (Wildman–Crippen LogP) is 1.01. The van der Waals surface area contributed by atoms with Crippen molar-refractivity contribution in [3.8, 4) is 0 Å². The van der Waals surface area contributed by atoms with Gasteiger partial charge in [0.25, 0.3) is 0 Å². The third kappa shape index (κ3) is 2.12. The summed E-state index contributed by atoms with van der Waals surface area (Å²) in [6.45, 7) is 2.40. The Hall–Kier alpha value is -1.11. The van der Waals surface area contributed by atoms with Crippen LogP contribution in [0.5, 0.6) is 0 Å². The van der Waals surface area contributed by atoms with Crippen molar-refractivity contribution in [2.75, 3.05) is 17.7 Å². The highest BCUT2D eigenvalue weighted by molar-refractivity contribution is 7.91. The topological polar surface area (TPSA) is 81.4 Å². The number of ether oxygens (including phenoxy) is 1. The number of anilines is 1. The van der Waals surface area contributed by atoms with Crippen molar-refractivity contribution in [1.82, 2.24) is 0 Å². The lowest BCUT2D eigenvalue weighted by molar-refractivity contribution is 0.00529. The maximum atomic E-state index is 12.1. The maximum absolute atomic E-state index is 12.1. The molecule has 0 bridgehead atoms. The van der Waals surface area contributed by atoms with Crippen molar-refractivity contribution in [2.45, 2.75) is 36.4 Å². The first-order valence-electron chi connectivity index (χ1n) is 7.00. The molecule has 1 aliphatic heterocycles. The van der Waals surface area contributed by atoms with Crippen LogP contribution in [0.25, 0.3) is 0 Å². The van der Waals surface area contributed by atoms with Gasteiger partial charge in [0.15, 0.2) is 9.84 Å². The molecule has 6 heteroatoms. The summed E-state index contributed by atoms with van der Waals surface area (Å²) < 4.78 is 29.9. The minimum absolute atomic E-state index is 0.00398. The lowest BCUT2D eigenvalue weighted by Crippen LogP contribution is -2.65. The Morgan fingerprint density at radius 1 is 1.40 bits per heavy atom. The van der Waals surface area contributed by atoms with Gasteiger partial charge >= 0.3 is 0 Å². The van der Waals surface area contributed by atoms with Gasteiger partial charge in [0.2, 0.25) is 0 Å². The molecular formula is C14H20N2O3S. The van der Waals surface area contributed by atoms with Gasteiger partial charge in [-0.3, -0.25) is 0 Å². The molecule has 1 saturated heterocycles. The first kappa shape index (κ1) is 13.9. The molecular weight excluding hydrogens is 276 g/mol. The molecule has 3 rings (SSSR count). The van der Waals surface area contributed by atoms with E-state index in [0.29, 0.717) is 16.5 Å². The molecule has 1 aromatic rings. The summed E-state index contributed by atoms with van der Waals surface area (Å²) in [6, 6.07) is 7.02. The quantitative estimate of drug-likeness (QED) is 0.866. The zero-order valence-electron chi connectivity index (χ0n) is 11.5. The smallest absolute Gasteiger partial charge is 0.180 e. The molecule has 4 atom stereocenters. The number of hydrogen-bond donors (Lipinski definition) is 2. The third-order valence-corrected chi connectivity index (χ3v) is 6.16. The summed E-state index contributed by atoms with van der Waals surface area (Å²) in [5, 5.41) is 3.28. The predicted molar refractivity (Wildman–Crippen MR) is 77.4 cm³/mol. The summed E-state index contributed by atoms with van der Waals surface area (Å²) in [5.41, 5.74) is 6.78. The molecule has 110 valence electrons. The van der Waals surface area contributed by atoms with Gasteiger partial charge in [-0.05, 0) is 18.6 Å².